The van der Waals surface area contributed by atoms with Gasteiger partial charge in [0.25, 0.3) is 5.91 Å². The lowest BCUT2D eigenvalue weighted by atomic mass is 10.2. The van der Waals surface area contributed by atoms with E-state index in [0.717, 1.165) is 0 Å². The summed E-state index contributed by atoms with van der Waals surface area (Å²) in [6, 6.07) is 4.44. The summed E-state index contributed by atoms with van der Waals surface area (Å²) >= 11 is 11.6. The average molecular weight is 290 g/mol. The zero-order chi connectivity index (χ0) is 13.7. The minimum Gasteiger partial charge on any atom is -0.452 e. The molecule has 1 aromatic carbocycles. The van der Waals surface area contributed by atoms with Gasteiger partial charge in [0.05, 0.1) is 10.6 Å². The van der Waals surface area contributed by atoms with Gasteiger partial charge >= 0.3 is 5.97 Å². The summed E-state index contributed by atoms with van der Waals surface area (Å²) in [7, 11) is 0. The maximum atomic E-state index is 11.7. The van der Waals surface area contributed by atoms with Crippen LogP contribution >= 0.6 is 23.2 Å². The Morgan fingerprint density at radius 1 is 1.33 bits per heavy atom. The van der Waals surface area contributed by atoms with E-state index in [9.17, 15) is 9.59 Å². The van der Waals surface area contributed by atoms with Crippen molar-refractivity contribution in [3.8, 4) is 0 Å². The van der Waals surface area contributed by atoms with E-state index in [2.05, 4.69) is 5.32 Å². The normalized spacial score (nSPS) is 10.3. The Morgan fingerprint density at radius 2 is 2.00 bits per heavy atom. The van der Waals surface area contributed by atoms with Crippen molar-refractivity contribution in [2.45, 2.75) is 19.9 Å². The molecule has 0 atom stereocenters. The Morgan fingerprint density at radius 3 is 2.61 bits per heavy atom. The molecule has 0 aromatic heterocycles. The highest BCUT2D eigenvalue weighted by atomic mass is 35.5. The lowest BCUT2D eigenvalue weighted by Gasteiger charge is -2.09. The minimum absolute atomic E-state index is 0.00837. The molecule has 0 aliphatic heterocycles. The van der Waals surface area contributed by atoms with E-state index < -0.39 is 5.97 Å². The van der Waals surface area contributed by atoms with Crippen molar-refractivity contribution in [1.29, 1.82) is 0 Å². The van der Waals surface area contributed by atoms with Gasteiger partial charge < -0.3 is 10.1 Å². The Kier molecular flexibility index (Phi) is 5.44. The van der Waals surface area contributed by atoms with Crippen molar-refractivity contribution in [3.63, 3.8) is 0 Å². The van der Waals surface area contributed by atoms with E-state index in [1.54, 1.807) is 6.07 Å². The van der Waals surface area contributed by atoms with Gasteiger partial charge in [0, 0.05) is 11.1 Å². The summed E-state index contributed by atoms with van der Waals surface area (Å²) in [5, 5.41) is 3.20. The number of nitrogens with one attached hydrogen (secondary N) is 1. The monoisotopic (exact) mass is 289 g/mol. The summed E-state index contributed by atoms with van der Waals surface area (Å²) < 4.78 is 4.83. The van der Waals surface area contributed by atoms with Gasteiger partial charge in [-0.15, -0.1) is 0 Å². The largest absolute Gasteiger partial charge is 0.452 e. The van der Waals surface area contributed by atoms with Crippen molar-refractivity contribution in [3.05, 3.63) is 33.8 Å². The van der Waals surface area contributed by atoms with Crippen LogP contribution in [0.1, 0.15) is 24.2 Å². The van der Waals surface area contributed by atoms with Gasteiger partial charge in [-0.2, -0.15) is 0 Å². The van der Waals surface area contributed by atoms with Gasteiger partial charge in [0.15, 0.2) is 6.61 Å². The molecule has 0 radical (unpaired) electrons. The van der Waals surface area contributed by atoms with Crippen LogP contribution in [-0.2, 0) is 9.53 Å². The Hall–Kier alpha value is -1.26. The van der Waals surface area contributed by atoms with E-state index >= 15 is 0 Å². The first kappa shape index (κ1) is 14.8. The molecule has 1 N–H and O–H groups in total. The molecule has 18 heavy (non-hydrogen) atoms. The van der Waals surface area contributed by atoms with Crippen LogP contribution in [-0.4, -0.2) is 24.5 Å². The quantitative estimate of drug-likeness (QED) is 0.867. The second-order valence-electron chi connectivity index (χ2n) is 3.92. The number of carbonyl (C=O) groups is 2. The highest BCUT2D eigenvalue weighted by Crippen LogP contribution is 2.21. The lowest BCUT2D eigenvalue weighted by Crippen LogP contribution is -2.34. The van der Waals surface area contributed by atoms with Gasteiger partial charge in [-0.3, -0.25) is 4.79 Å². The van der Waals surface area contributed by atoms with Gasteiger partial charge in [0.2, 0.25) is 0 Å². The third-order valence-electron chi connectivity index (χ3n) is 1.93. The molecule has 0 heterocycles. The third-order valence-corrected chi connectivity index (χ3v) is 2.50. The summed E-state index contributed by atoms with van der Waals surface area (Å²) in [5.74, 6) is -1.04. The maximum Gasteiger partial charge on any atom is 0.340 e. The number of benzene rings is 1. The van der Waals surface area contributed by atoms with Crippen LogP contribution in [0.2, 0.25) is 10.0 Å². The van der Waals surface area contributed by atoms with Gasteiger partial charge in [0.1, 0.15) is 0 Å². The van der Waals surface area contributed by atoms with E-state index in [1.165, 1.54) is 12.1 Å². The van der Waals surface area contributed by atoms with Crippen LogP contribution in [0, 0.1) is 0 Å². The fourth-order valence-electron chi connectivity index (χ4n) is 1.23. The Bertz CT molecular complexity index is 461. The predicted molar refractivity (Wildman–Crippen MR) is 70.0 cm³/mol. The SMILES string of the molecule is CC(C)NC(=O)COC(=O)c1cc(Cl)ccc1Cl. The van der Waals surface area contributed by atoms with Crippen LogP contribution in [0.4, 0.5) is 0 Å². The molecule has 4 nitrogen and oxygen atoms in total. The van der Waals surface area contributed by atoms with Crippen molar-refractivity contribution in [2.75, 3.05) is 6.61 Å². The first-order valence-electron chi connectivity index (χ1n) is 5.31. The molecule has 1 amide bonds. The summed E-state index contributed by atoms with van der Waals surface area (Å²) in [4.78, 5) is 23.0. The number of carbonyl (C=O) groups excluding carboxylic acids is 2. The van der Waals surface area contributed by atoms with Gasteiger partial charge in [-0.1, -0.05) is 23.2 Å². The number of esters is 1. The van der Waals surface area contributed by atoms with Crippen molar-refractivity contribution in [1.82, 2.24) is 5.32 Å². The number of hydrogen-bond donors (Lipinski definition) is 1. The molecule has 6 heteroatoms. The molecule has 0 saturated carbocycles. The van der Waals surface area contributed by atoms with Crippen molar-refractivity contribution < 1.29 is 14.3 Å². The van der Waals surface area contributed by atoms with Crippen LogP contribution in [0.25, 0.3) is 0 Å². The number of rotatable bonds is 4. The molecule has 0 bridgehead atoms. The molecular formula is C12H13Cl2NO3. The first-order valence-corrected chi connectivity index (χ1v) is 6.07. The van der Waals surface area contributed by atoms with Crippen LogP contribution in [0.5, 0.6) is 0 Å². The zero-order valence-electron chi connectivity index (χ0n) is 10.00. The number of ether oxygens (including phenoxy) is 1. The summed E-state index contributed by atoms with van der Waals surface area (Å²) in [6.07, 6.45) is 0. The molecule has 0 spiro atoms. The molecule has 1 rings (SSSR count). The fourth-order valence-corrected chi connectivity index (χ4v) is 1.59. The Balaban J connectivity index is 2.60. The summed E-state index contributed by atoms with van der Waals surface area (Å²) in [6.45, 7) is 3.28. The van der Waals surface area contributed by atoms with E-state index in [1.807, 2.05) is 13.8 Å². The molecule has 0 saturated heterocycles. The van der Waals surface area contributed by atoms with E-state index in [4.69, 9.17) is 27.9 Å². The zero-order valence-corrected chi connectivity index (χ0v) is 11.5. The molecule has 0 unspecified atom stereocenters. The van der Waals surface area contributed by atoms with Crippen LogP contribution in [0.15, 0.2) is 18.2 Å². The number of amides is 1. The highest BCUT2D eigenvalue weighted by Gasteiger charge is 2.14. The highest BCUT2D eigenvalue weighted by molar-refractivity contribution is 6.35. The fraction of sp³-hybridized carbons (Fsp3) is 0.333. The van der Waals surface area contributed by atoms with Crippen molar-refractivity contribution >= 4 is 35.1 Å². The predicted octanol–water partition coefficient (Wildman–Crippen LogP) is 2.67. The summed E-state index contributed by atoms with van der Waals surface area (Å²) in [5.41, 5.74) is 0.140. The molecule has 0 aliphatic rings. The number of hydrogen-bond acceptors (Lipinski definition) is 3. The molecule has 1 aromatic rings. The molecular weight excluding hydrogens is 277 g/mol. The second-order valence-corrected chi connectivity index (χ2v) is 4.77. The molecule has 0 fully saturated rings. The molecule has 98 valence electrons. The van der Waals surface area contributed by atoms with E-state index in [0.29, 0.717) is 5.02 Å². The average Bonchev–Trinajstić information content (AvgIpc) is 2.28. The van der Waals surface area contributed by atoms with Crippen molar-refractivity contribution in [2.24, 2.45) is 0 Å². The number of halogens is 2. The van der Waals surface area contributed by atoms with Crippen LogP contribution in [0.3, 0.4) is 0 Å². The molecule has 0 aliphatic carbocycles. The van der Waals surface area contributed by atoms with E-state index in [-0.39, 0.29) is 29.1 Å². The second kappa shape index (κ2) is 6.61. The minimum atomic E-state index is -0.679. The van der Waals surface area contributed by atoms with Gasteiger partial charge in [-0.25, -0.2) is 4.79 Å². The lowest BCUT2D eigenvalue weighted by molar-refractivity contribution is -0.124. The standard InChI is InChI=1S/C12H13Cl2NO3/c1-7(2)15-11(16)6-18-12(17)9-5-8(13)3-4-10(9)14/h3-5,7H,6H2,1-2H3,(H,15,16). The maximum absolute atomic E-state index is 11.7. The van der Waals surface area contributed by atoms with Gasteiger partial charge in [-0.05, 0) is 32.0 Å². The first-order chi connectivity index (χ1) is 8.40. The third kappa shape index (κ3) is 4.55. The smallest absolute Gasteiger partial charge is 0.340 e. The Labute approximate surface area is 115 Å². The topological polar surface area (TPSA) is 55.4 Å². The van der Waals surface area contributed by atoms with Crippen LogP contribution < -0.4 is 5.32 Å².